The van der Waals surface area contributed by atoms with Crippen molar-refractivity contribution in [1.29, 1.82) is 0 Å². The van der Waals surface area contributed by atoms with Crippen molar-refractivity contribution in [2.45, 2.75) is 25.7 Å². The summed E-state index contributed by atoms with van der Waals surface area (Å²) in [6.45, 7) is 7.66. The molecule has 1 aromatic heterocycles. The summed E-state index contributed by atoms with van der Waals surface area (Å²) in [4.78, 5) is 2.50. The normalized spacial score (nSPS) is 15.1. The summed E-state index contributed by atoms with van der Waals surface area (Å²) < 4.78 is 33.5. The highest BCUT2D eigenvalue weighted by Gasteiger charge is 2.31. The molecule has 2 heterocycles. The van der Waals surface area contributed by atoms with Crippen LogP contribution in [0.1, 0.15) is 16.7 Å². The van der Waals surface area contributed by atoms with E-state index in [0.717, 1.165) is 39.5 Å². The van der Waals surface area contributed by atoms with Crippen molar-refractivity contribution in [3.05, 3.63) is 65.2 Å². The molecule has 0 amide bonds. The molecule has 7 nitrogen and oxygen atoms in total. The Hall–Kier alpha value is -2.97. The second-order valence-corrected chi connectivity index (χ2v) is 10.0. The van der Waals surface area contributed by atoms with Crippen molar-refractivity contribution < 1.29 is 13.2 Å². The molecule has 2 aromatic carbocycles. The maximum absolute atomic E-state index is 13.3. The zero-order valence-corrected chi connectivity index (χ0v) is 19.7. The van der Waals surface area contributed by atoms with Gasteiger partial charge in [0, 0.05) is 31.7 Å². The Morgan fingerprint density at radius 2 is 1.56 bits per heavy atom. The minimum Gasteiger partial charge on any atom is -0.497 e. The fourth-order valence-electron chi connectivity index (χ4n) is 4.29. The summed E-state index contributed by atoms with van der Waals surface area (Å²) in [7, 11) is -1.90. The summed E-state index contributed by atoms with van der Waals surface area (Å²) in [5, 5.41) is 8.75. The summed E-state index contributed by atoms with van der Waals surface area (Å²) in [5.74, 6) is 1.51. The number of sulfonamides is 1. The maximum atomic E-state index is 13.3. The SMILES string of the molecule is COc1cccc(-c2ccc(N3CCN(S(=O)(=O)c4c(C)cc(C)cc4C)CC3)nn2)c1. The first-order chi connectivity index (χ1) is 15.3. The van der Waals surface area contributed by atoms with Gasteiger partial charge in [0.15, 0.2) is 5.82 Å². The minimum absolute atomic E-state index is 0.411. The number of hydrogen-bond donors (Lipinski definition) is 0. The molecule has 32 heavy (non-hydrogen) atoms. The molecule has 1 aliphatic rings. The first kappa shape index (κ1) is 22.2. The van der Waals surface area contributed by atoms with Gasteiger partial charge in [-0.2, -0.15) is 4.31 Å². The minimum atomic E-state index is -3.54. The van der Waals surface area contributed by atoms with Crippen molar-refractivity contribution >= 4 is 15.8 Å². The van der Waals surface area contributed by atoms with Crippen LogP contribution >= 0.6 is 0 Å². The third-order valence-electron chi connectivity index (χ3n) is 5.78. The average Bonchev–Trinajstić information content (AvgIpc) is 2.78. The van der Waals surface area contributed by atoms with Gasteiger partial charge in [-0.1, -0.05) is 29.8 Å². The Morgan fingerprint density at radius 1 is 0.875 bits per heavy atom. The smallest absolute Gasteiger partial charge is 0.243 e. The fraction of sp³-hybridized carbons (Fsp3) is 0.333. The van der Waals surface area contributed by atoms with Gasteiger partial charge >= 0.3 is 0 Å². The highest BCUT2D eigenvalue weighted by molar-refractivity contribution is 7.89. The third-order valence-corrected chi connectivity index (χ3v) is 7.99. The van der Waals surface area contributed by atoms with Gasteiger partial charge in [-0.25, -0.2) is 8.42 Å². The molecule has 1 fully saturated rings. The van der Waals surface area contributed by atoms with E-state index in [9.17, 15) is 8.42 Å². The molecule has 0 bridgehead atoms. The average molecular weight is 453 g/mol. The Balaban J connectivity index is 1.47. The lowest BCUT2D eigenvalue weighted by molar-refractivity contribution is 0.383. The lowest BCUT2D eigenvalue weighted by Crippen LogP contribution is -2.49. The first-order valence-corrected chi connectivity index (χ1v) is 12.0. The third kappa shape index (κ3) is 4.33. The van der Waals surface area contributed by atoms with Crippen LogP contribution in [-0.2, 0) is 10.0 Å². The Bertz CT molecular complexity index is 1200. The van der Waals surface area contributed by atoms with Crippen molar-refractivity contribution in [2.24, 2.45) is 0 Å². The second-order valence-electron chi connectivity index (χ2n) is 8.13. The largest absolute Gasteiger partial charge is 0.497 e. The van der Waals surface area contributed by atoms with Gasteiger partial charge < -0.3 is 9.64 Å². The van der Waals surface area contributed by atoms with E-state index >= 15 is 0 Å². The molecule has 0 N–H and O–H groups in total. The number of rotatable bonds is 5. The summed E-state index contributed by atoms with van der Waals surface area (Å²) >= 11 is 0. The number of anilines is 1. The molecule has 168 valence electrons. The van der Waals surface area contributed by atoms with E-state index < -0.39 is 10.0 Å². The Kier molecular flexibility index (Phi) is 6.17. The maximum Gasteiger partial charge on any atom is 0.243 e. The number of methoxy groups -OCH3 is 1. The summed E-state index contributed by atoms with van der Waals surface area (Å²) in [6, 6.07) is 15.4. The van der Waals surface area contributed by atoms with E-state index in [1.54, 1.807) is 11.4 Å². The molecule has 4 rings (SSSR count). The molecule has 0 spiro atoms. The number of hydrogen-bond acceptors (Lipinski definition) is 6. The van der Waals surface area contributed by atoms with Gasteiger partial charge in [-0.15, -0.1) is 10.2 Å². The number of nitrogens with zero attached hydrogens (tertiary/aromatic N) is 4. The van der Waals surface area contributed by atoms with Crippen LogP contribution in [0.2, 0.25) is 0 Å². The summed E-state index contributed by atoms with van der Waals surface area (Å²) in [5.41, 5.74) is 4.36. The molecule has 1 aliphatic heterocycles. The number of ether oxygens (including phenoxy) is 1. The number of aromatic nitrogens is 2. The van der Waals surface area contributed by atoms with Crippen LogP contribution in [0.3, 0.4) is 0 Å². The summed E-state index contributed by atoms with van der Waals surface area (Å²) in [6.07, 6.45) is 0. The van der Waals surface area contributed by atoms with E-state index in [-0.39, 0.29) is 0 Å². The molecule has 0 unspecified atom stereocenters. The van der Waals surface area contributed by atoms with Gasteiger partial charge in [0.2, 0.25) is 10.0 Å². The van der Waals surface area contributed by atoms with E-state index in [4.69, 9.17) is 4.74 Å². The molecule has 0 aliphatic carbocycles. The van der Waals surface area contributed by atoms with Crippen LogP contribution in [0.25, 0.3) is 11.3 Å². The van der Waals surface area contributed by atoms with Crippen LogP contribution in [0.4, 0.5) is 5.82 Å². The van der Waals surface area contributed by atoms with Gasteiger partial charge in [0.25, 0.3) is 0 Å². The highest BCUT2D eigenvalue weighted by atomic mass is 32.2. The van der Waals surface area contributed by atoms with E-state index in [1.165, 1.54) is 0 Å². The van der Waals surface area contributed by atoms with Crippen molar-refractivity contribution in [1.82, 2.24) is 14.5 Å². The van der Waals surface area contributed by atoms with Crippen LogP contribution in [-0.4, -0.2) is 56.2 Å². The van der Waals surface area contributed by atoms with Gasteiger partial charge in [-0.3, -0.25) is 0 Å². The van der Waals surface area contributed by atoms with E-state index in [1.807, 2.05) is 69.3 Å². The quantitative estimate of drug-likeness (QED) is 0.589. The topological polar surface area (TPSA) is 75.6 Å². The molecular weight excluding hydrogens is 424 g/mol. The zero-order chi connectivity index (χ0) is 22.9. The van der Waals surface area contributed by atoms with Crippen molar-refractivity contribution in [2.75, 3.05) is 38.2 Å². The molecule has 0 atom stereocenters. The number of piperazine rings is 1. The molecule has 0 saturated carbocycles. The molecule has 1 saturated heterocycles. The zero-order valence-electron chi connectivity index (χ0n) is 18.9. The monoisotopic (exact) mass is 452 g/mol. The van der Waals surface area contributed by atoms with Gasteiger partial charge in [-0.05, 0) is 56.2 Å². The predicted octanol–water partition coefficient (Wildman–Crippen LogP) is 3.59. The highest BCUT2D eigenvalue weighted by Crippen LogP contribution is 2.27. The van der Waals surface area contributed by atoms with Crippen LogP contribution in [0.15, 0.2) is 53.4 Å². The van der Waals surface area contributed by atoms with E-state index in [2.05, 4.69) is 15.1 Å². The van der Waals surface area contributed by atoms with Crippen LogP contribution in [0, 0.1) is 20.8 Å². The van der Waals surface area contributed by atoms with Gasteiger partial charge in [0.05, 0.1) is 17.7 Å². The molecule has 0 radical (unpaired) electrons. The van der Waals surface area contributed by atoms with Crippen LogP contribution < -0.4 is 9.64 Å². The second kappa shape index (κ2) is 8.88. The Morgan fingerprint density at radius 3 is 2.16 bits per heavy atom. The standard InChI is InChI=1S/C24H28N4O3S/c1-17-14-18(2)24(19(3)15-17)32(29,30)28-12-10-27(11-13-28)23-9-8-22(25-26-23)20-6-5-7-21(16-20)31-4/h5-9,14-16H,10-13H2,1-4H3. The van der Waals surface area contributed by atoms with E-state index in [0.29, 0.717) is 31.1 Å². The van der Waals surface area contributed by atoms with Gasteiger partial charge in [0.1, 0.15) is 5.75 Å². The first-order valence-electron chi connectivity index (χ1n) is 10.6. The number of benzene rings is 2. The molecule has 8 heteroatoms. The fourth-order valence-corrected chi connectivity index (χ4v) is 6.12. The van der Waals surface area contributed by atoms with Crippen molar-refractivity contribution in [3.8, 4) is 17.0 Å². The Labute approximate surface area is 189 Å². The molecular formula is C24H28N4O3S. The molecule has 3 aromatic rings. The number of aryl methyl sites for hydroxylation is 3. The van der Waals surface area contributed by atoms with Crippen LogP contribution in [0.5, 0.6) is 5.75 Å². The lowest BCUT2D eigenvalue weighted by Gasteiger charge is -2.35. The van der Waals surface area contributed by atoms with Crippen molar-refractivity contribution in [3.63, 3.8) is 0 Å². The lowest BCUT2D eigenvalue weighted by atomic mass is 10.1. The predicted molar refractivity (Wildman–Crippen MR) is 126 cm³/mol.